The van der Waals surface area contributed by atoms with Gasteiger partial charge in [-0.2, -0.15) is 13.2 Å². The van der Waals surface area contributed by atoms with E-state index < -0.39 is 12.1 Å². The highest BCUT2D eigenvalue weighted by molar-refractivity contribution is 5.98. The van der Waals surface area contributed by atoms with Gasteiger partial charge < -0.3 is 20.7 Å². The molecule has 0 unspecified atom stereocenters. The molecular formula is C24H21F3N4O4. The van der Waals surface area contributed by atoms with Crippen LogP contribution in [0, 0.1) is 0 Å². The Bertz CT molecular complexity index is 1260. The third-order valence-electron chi connectivity index (χ3n) is 5.47. The van der Waals surface area contributed by atoms with E-state index >= 15 is 0 Å². The molecule has 0 radical (unpaired) electrons. The second kappa shape index (κ2) is 9.61. The lowest BCUT2D eigenvalue weighted by Gasteiger charge is -2.11. The molecule has 1 fully saturated rings. The normalized spacial score (nSPS) is 14.8. The van der Waals surface area contributed by atoms with E-state index in [2.05, 4.69) is 20.6 Å². The van der Waals surface area contributed by atoms with Crippen LogP contribution in [0.15, 0.2) is 48.7 Å². The minimum absolute atomic E-state index is 0.0222. The lowest BCUT2D eigenvalue weighted by molar-refractivity contribution is -0.192. The summed E-state index contributed by atoms with van der Waals surface area (Å²) in [7, 11) is 0. The number of fused-ring (bicyclic) bond motifs is 1. The predicted molar refractivity (Wildman–Crippen MR) is 120 cm³/mol. The molecule has 1 saturated carbocycles. The van der Waals surface area contributed by atoms with Crippen molar-refractivity contribution in [1.29, 1.82) is 0 Å². The van der Waals surface area contributed by atoms with Crippen LogP contribution in [0.1, 0.15) is 39.3 Å². The van der Waals surface area contributed by atoms with Crippen LogP contribution in [0.5, 0.6) is 0 Å². The fourth-order valence-corrected chi connectivity index (χ4v) is 3.49. The number of aromatic amines is 1. The number of carbonyl (C=O) groups is 3. The van der Waals surface area contributed by atoms with E-state index in [1.54, 1.807) is 6.20 Å². The van der Waals surface area contributed by atoms with Crippen molar-refractivity contribution in [2.75, 3.05) is 6.54 Å². The molecule has 182 valence electrons. The number of hydrogen-bond donors (Lipinski definition) is 4. The second-order valence-corrected chi connectivity index (χ2v) is 8.14. The summed E-state index contributed by atoms with van der Waals surface area (Å²) < 4.78 is 31.7. The van der Waals surface area contributed by atoms with Crippen LogP contribution >= 0.6 is 0 Å². The van der Waals surface area contributed by atoms with E-state index in [4.69, 9.17) is 9.90 Å². The molecule has 35 heavy (non-hydrogen) atoms. The molecule has 2 aromatic heterocycles. The Morgan fingerprint density at radius 1 is 1.06 bits per heavy atom. The quantitative estimate of drug-likeness (QED) is 0.449. The molecule has 1 aromatic carbocycles. The summed E-state index contributed by atoms with van der Waals surface area (Å²) in [6.45, 7) is 0.661. The molecule has 3 heterocycles. The Kier molecular flexibility index (Phi) is 6.59. The molecule has 8 nitrogen and oxygen atoms in total. The first kappa shape index (κ1) is 24.0. The van der Waals surface area contributed by atoms with Crippen LogP contribution in [-0.4, -0.2) is 51.6 Å². The van der Waals surface area contributed by atoms with Gasteiger partial charge in [-0.3, -0.25) is 14.6 Å². The highest BCUT2D eigenvalue weighted by atomic mass is 19.4. The Hall–Kier alpha value is -4.15. The smallest absolute Gasteiger partial charge is 0.475 e. The number of rotatable bonds is 4. The van der Waals surface area contributed by atoms with Gasteiger partial charge in [-0.25, -0.2) is 4.79 Å². The van der Waals surface area contributed by atoms with Gasteiger partial charge >= 0.3 is 12.1 Å². The van der Waals surface area contributed by atoms with Crippen molar-refractivity contribution in [3.63, 3.8) is 0 Å². The zero-order valence-corrected chi connectivity index (χ0v) is 18.3. The maximum absolute atomic E-state index is 12.1. The summed E-state index contributed by atoms with van der Waals surface area (Å²) in [5.74, 6) is -2.81. The molecule has 1 aliphatic carbocycles. The van der Waals surface area contributed by atoms with Gasteiger partial charge in [0, 0.05) is 53.3 Å². The molecule has 11 heteroatoms. The highest BCUT2D eigenvalue weighted by Gasteiger charge is 2.38. The number of carbonyl (C=O) groups excluding carboxylic acids is 2. The number of H-pyrrole nitrogens is 1. The van der Waals surface area contributed by atoms with Crippen molar-refractivity contribution < 1.29 is 32.7 Å². The summed E-state index contributed by atoms with van der Waals surface area (Å²) in [5, 5.41) is 13.0. The molecule has 4 N–H and O–H groups in total. The maximum atomic E-state index is 12.1. The van der Waals surface area contributed by atoms with E-state index in [1.807, 2.05) is 42.5 Å². The lowest BCUT2D eigenvalue weighted by Crippen LogP contribution is -2.31. The number of nitrogens with one attached hydrogen (secondary N) is 3. The average molecular weight is 486 g/mol. The second-order valence-electron chi connectivity index (χ2n) is 8.14. The number of benzene rings is 1. The van der Waals surface area contributed by atoms with Gasteiger partial charge in [-0.15, -0.1) is 0 Å². The summed E-state index contributed by atoms with van der Waals surface area (Å²) in [4.78, 5) is 40.9. The maximum Gasteiger partial charge on any atom is 0.490 e. The van der Waals surface area contributed by atoms with E-state index in [9.17, 15) is 22.8 Å². The third kappa shape index (κ3) is 5.86. The number of halogens is 3. The molecule has 0 saturated heterocycles. The number of carboxylic acids is 1. The van der Waals surface area contributed by atoms with Crippen LogP contribution < -0.4 is 10.6 Å². The zero-order valence-electron chi connectivity index (χ0n) is 18.3. The lowest BCUT2D eigenvalue weighted by atomic mass is 10.0. The summed E-state index contributed by atoms with van der Waals surface area (Å²) in [6.07, 6.45) is -0.365. The molecule has 3 aromatic rings. The fourth-order valence-electron chi connectivity index (χ4n) is 3.49. The molecule has 2 aliphatic rings. The van der Waals surface area contributed by atoms with Crippen molar-refractivity contribution in [3.8, 4) is 22.5 Å². The van der Waals surface area contributed by atoms with E-state index in [0.717, 1.165) is 47.5 Å². The highest BCUT2D eigenvalue weighted by Crippen LogP contribution is 2.27. The number of amides is 2. The molecule has 0 spiro atoms. The molecule has 0 atom stereocenters. The monoisotopic (exact) mass is 486 g/mol. The third-order valence-corrected chi connectivity index (χ3v) is 5.47. The standard InChI is InChI=1S/C22H20N4O2.C2HF3O2/c27-21(25-16-5-6-16)14-3-1-13(2-4-14)19-11-15(7-9-23-19)20-12-17-18(26-20)8-10-24-22(17)28;3-2(4,5)1(6)7/h1-4,7,9,11-12,16,26H,5-6,8,10H2,(H,24,28)(H,25,27);(H,6,7). The molecule has 0 bridgehead atoms. The van der Waals surface area contributed by atoms with Crippen molar-refractivity contribution in [1.82, 2.24) is 20.6 Å². The van der Waals surface area contributed by atoms with E-state index in [1.165, 1.54) is 0 Å². The van der Waals surface area contributed by atoms with Crippen molar-refractivity contribution >= 4 is 17.8 Å². The first-order valence-corrected chi connectivity index (χ1v) is 10.8. The first-order chi connectivity index (χ1) is 16.6. The van der Waals surface area contributed by atoms with Crippen LogP contribution in [0.2, 0.25) is 0 Å². The van der Waals surface area contributed by atoms with E-state index in [0.29, 0.717) is 23.7 Å². The largest absolute Gasteiger partial charge is 0.490 e. The van der Waals surface area contributed by atoms with Gasteiger partial charge in [-0.1, -0.05) is 12.1 Å². The Morgan fingerprint density at radius 3 is 2.34 bits per heavy atom. The number of carboxylic acid groups (broad SMARTS) is 1. The van der Waals surface area contributed by atoms with Gasteiger partial charge in [0.1, 0.15) is 0 Å². The number of nitrogens with zero attached hydrogens (tertiary/aromatic N) is 1. The predicted octanol–water partition coefficient (Wildman–Crippen LogP) is 3.56. The minimum atomic E-state index is -5.08. The number of aliphatic carboxylic acids is 1. The zero-order chi connectivity index (χ0) is 25.2. The van der Waals surface area contributed by atoms with Crippen molar-refractivity contribution in [2.45, 2.75) is 31.5 Å². The Labute approximate surface area is 197 Å². The number of aromatic nitrogens is 2. The summed E-state index contributed by atoms with van der Waals surface area (Å²) in [5.41, 5.74) is 6.00. The molecule has 1 aliphatic heterocycles. The van der Waals surface area contributed by atoms with Crippen LogP contribution in [0.25, 0.3) is 22.5 Å². The number of alkyl halides is 3. The fraction of sp³-hybridized carbons (Fsp3) is 0.250. The van der Waals surface area contributed by atoms with Gasteiger partial charge in [-0.05, 0) is 43.2 Å². The van der Waals surface area contributed by atoms with Crippen LogP contribution in [-0.2, 0) is 11.2 Å². The van der Waals surface area contributed by atoms with Gasteiger partial charge in [0.15, 0.2) is 0 Å². The van der Waals surface area contributed by atoms with Crippen molar-refractivity contribution in [3.05, 3.63) is 65.5 Å². The van der Waals surface area contributed by atoms with Gasteiger partial charge in [0.05, 0.1) is 11.3 Å². The Balaban J connectivity index is 0.000000364. The molecule has 2 amide bonds. The minimum Gasteiger partial charge on any atom is -0.475 e. The van der Waals surface area contributed by atoms with Crippen LogP contribution in [0.3, 0.4) is 0 Å². The van der Waals surface area contributed by atoms with Crippen LogP contribution in [0.4, 0.5) is 13.2 Å². The SMILES string of the molecule is O=C(NC1CC1)c1ccc(-c2cc(-c3cc4c([nH]3)CCNC4=O)ccn2)cc1.O=C(O)C(F)(F)F. The number of pyridine rings is 1. The number of hydrogen-bond acceptors (Lipinski definition) is 4. The molecular weight excluding hydrogens is 465 g/mol. The first-order valence-electron chi connectivity index (χ1n) is 10.8. The molecule has 5 rings (SSSR count). The average Bonchev–Trinajstić information content (AvgIpc) is 3.53. The topological polar surface area (TPSA) is 124 Å². The van der Waals surface area contributed by atoms with Crippen molar-refractivity contribution in [2.24, 2.45) is 0 Å². The summed E-state index contributed by atoms with van der Waals surface area (Å²) >= 11 is 0. The van der Waals surface area contributed by atoms with Gasteiger partial charge in [0.2, 0.25) is 0 Å². The summed E-state index contributed by atoms with van der Waals surface area (Å²) in [6, 6.07) is 13.7. The van der Waals surface area contributed by atoms with E-state index in [-0.39, 0.29) is 11.8 Å². The Morgan fingerprint density at radius 2 is 1.74 bits per heavy atom. The van der Waals surface area contributed by atoms with Gasteiger partial charge in [0.25, 0.3) is 11.8 Å².